The molecule has 1 N–H and O–H groups in total. The van der Waals surface area contributed by atoms with Gasteiger partial charge in [0.2, 0.25) is 0 Å². The Hall–Kier alpha value is -0.410. The standard InChI is InChI=1S/C17H25BrFN/c1-6-20-14(15-16(2,3)17(15,4)5)10-11-9-12(18)7-8-13(11)19/h7-9,14-15,20H,6,10H2,1-5H3. The summed E-state index contributed by atoms with van der Waals surface area (Å²) in [5.74, 6) is 0.473. The van der Waals surface area contributed by atoms with Gasteiger partial charge in [-0.25, -0.2) is 4.39 Å². The first-order valence-corrected chi connectivity index (χ1v) is 8.18. The second-order valence-corrected chi connectivity index (χ2v) is 7.94. The van der Waals surface area contributed by atoms with Crippen LogP contribution < -0.4 is 5.32 Å². The van der Waals surface area contributed by atoms with Gasteiger partial charge in [0.05, 0.1) is 0 Å². The van der Waals surface area contributed by atoms with Crippen LogP contribution in [-0.4, -0.2) is 12.6 Å². The SMILES string of the molecule is CCNC(Cc1cc(Br)ccc1F)C1C(C)(C)C1(C)C. The molecule has 1 aliphatic rings. The van der Waals surface area contributed by atoms with E-state index in [9.17, 15) is 4.39 Å². The Labute approximate surface area is 130 Å². The molecule has 1 aromatic carbocycles. The minimum atomic E-state index is -0.104. The number of likely N-dealkylation sites (N-methyl/N-ethyl adjacent to an activating group) is 1. The molecule has 1 unspecified atom stereocenters. The van der Waals surface area contributed by atoms with Gasteiger partial charge in [0.25, 0.3) is 0 Å². The fourth-order valence-electron chi connectivity index (χ4n) is 3.76. The average molecular weight is 342 g/mol. The van der Waals surface area contributed by atoms with Crippen LogP contribution in [0, 0.1) is 22.6 Å². The molecule has 3 heteroatoms. The van der Waals surface area contributed by atoms with E-state index in [4.69, 9.17) is 0 Å². The first-order valence-electron chi connectivity index (χ1n) is 7.39. The smallest absolute Gasteiger partial charge is 0.126 e. The third kappa shape index (κ3) is 2.67. The van der Waals surface area contributed by atoms with E-state index < -0.39 is 0 Å². The second kappa shape index (κ2) is 5.42. The minimum Gasteiger partial charge on any atom is -0.314 e. The van der Waals surface area contributed by atoms with Crippen molar-refractivity contribution in [3.63, 3.8) is 0 Å². The van der Waals surface area contributed by atoms with E-state index in [1.807, 2.05) is 6.07 Å². The van der Waals surface area contributed by atoms with Crippen molar-refractivity contribution in [2.45, 2.75) is 47.1 Å². The molecule has 112 valence electrons. The van der Waals surface area contributed by atoms with Crippen LogP contribution in [-0.2, 0) is 6.42 Å². The van der Waals surface area contributed by atoms with E-state index >= 15 is 0 Å². The highest BCUT2D eigenvalue weighted by Gasteiger charge is 2.66. The number of nitrogens with one attached hydrogen (secondary N) is 1. The molecule has 1 aromatic rings. The highest BCUT2D eigenvalue weighted by Crippen LogP contribution is 2.69. The van der Waals surface area contributed by atoms with E-state index in [0.717, 1.165) is 23.0 Å². The molecule has 0 bridgehead atoms. The van der Waals surface area contributed by atoms with E-state index in [-0.39, 0.29) is 5.82 Å². The summed E-state index contributed by atoms with van der Waals surface area (Å²) in [5, 5.41) is 3.57. The highest BCUT2D eigenvalue weighted by molar-refractivity contribution is 9.10. The molecule has 0 amide bonds. The molecule has 1 fully saturated rings. The van der Waals surface area contributed by atoms with Crippen LogP contribution in [0.4, 0.5) is 4.39 Å². The topological polar surface area (TPSA) is 12.0 Å². The maximum absolute atomic E-state index is 14.0. The van der Waals surface area contributed by atoms with Crippen LogP contribution in [0.2, 0.25) is 0 Å². The zero-order valence-corrected chi connectivity index (χ0v) is 14.6. The highest BCUT2D eigenvalue weighted by atomic mass is 79.9. The molecular weight excluding hydrogens is 317 g/mol. The zero-order valence-electron chi connectivity index (χ0n) is 13.1. The number of hydrogen-bond donors (Lipinski definition) is 1. The van der Waals surface area contributed by atoms with Crippen molar-refractivity contribution in [2.24, 2.45) is 16.7 Å². The lowest BCUT2D eigenvalue weighted by Gasteiger charge is -2.21. The van der Waals surface area contributed by atoms with Gasteiger partial charge >= 0.3 is 0 Å². The average Bonchev–Trinajstić information content (AvgIpc) is 2.74. The Morgan fingerprint density at radius 2 is 1.85 bits per heavy atom. The molecule has 1 atom stereocenters. The van der Waals surface area contributed by atoms with Gasteiger partial charge in [-0.15, -0.1) is 0 Å². The monoisotopic (exact) mass is 341 g/mol. The predicted molar refractivity (Wildman–Crippen MR) is 86.3 cm³/mol. The fourth-order valence-corrected chi connectivity index (χ4v) is 4.17. The van der Waals surface area contributed by atoms with Gasteiger partial charge in [-0.3, -0.25) is 0 Å². The lowest BCUT2D eigenvalue weighted by molar-refractivity contribution is 0.398. The summed E-state index contributed by atoms with van der Waals surface area (Å²) < 4.78 is 14.9. The zero-order chi connectivity index (χ0) is 15.1. The Morgan fingerprint density at radius 3 is 2.35 bits per heavy atom. The van der Waals surface area contributed by atoms with E-state index in [2.05, 4.69) is 55.9 Å². The molecule has 2 rings (SSSR count). The van der Waals surface area contributed by atoms with Crippen LogP contribution in [0.5, 0.6) is 0 Å². The first-order chi connectivity index (χ1) is 9.21. The van der Waals surface area contributed by atoms with Crippen molar-refractivity contribution in [1.82, 2.24) is 5.32 Å². The van der Waals surface area contributed by atoms with Gasteiger partial charge in [-0.05, 0) is 53.5 Å². The molecule has 0 saturated heterocycles. The summed E-state index contributed by atoms with van der Waals surface area (Å²) in [5.41, 5.74) is 1.41. The van der Waals surface area contributed by atoms with Crippen molar-refractivity contribution in [3.8, 4) is 0 Å². The molecule has 1 nitrogen and oxygen atoms in total. The Kier molecular flexibility index (Phi) is 4.32. The Balaban J connectivity index is 2.21. The number of benzene rings is 1. The summed E-state index contributed by atoms with van der Waals surface area (Å²) in [7, 11) is 0. The Bertz CT molecular complexity index is 482. The van der Waals surface area contributed by atoms with Crippen molar-refractivity contribution >= 4 is 15.9 Å². The molecule has 1 aliphatic carbocycles. The first kappa shape index (κ1) is 16.0. The molecule has 0 spiro atoms. The van der Waals surface area contributed by atoms with Gasteiger partial charge in [0, 0.05) is 10.5 Å². The molecule has 0 aliphatic heterocycles. The van der Waals surface area contributed by atoms with Gasteiger partial charge in [-0.1, -0.05) is 50.5 Å². The maximum Gasteiger partial charge on any atom is 0.126 e. The van der Waals surface area contributed by atoms with Crippen molar-refractivity contribution in [1.29, 1.82) is 0 Å². The molecule has 0 heterocycles. The van der Waals surface area contributed by atoms with Crippen LogP contribution in [0.25, 0.3) is 0 Å². The van der Waals surface area contributed by atoms with Gasteiger partial charge in [0.1, 0.15) is 5.82 Å². The maximum atomic E-state index is 14.0. The number of rotatable bonds is 5. The van der Waals surface area contributed by atoms with Crippen LogP contribution >= 0.6 is 15.9 Å². The summed E-state index contributed by atoms with van der Waals surface area (Å²) >= 11 is 3.44. The van der Waals surface area contributed by atoms with Crippen LogP contribution in [0.15, 0.2) is 22.7 Å². The molecule has 1 saturated carbocycles. The number of hydrogen-bond acceptors (Lipinski definition) is 1. The van der Waals surface area contributed by atoms with Gasteiger partial charge in [-0.2, -0.15) is 0 Å². The predicted octanol–water partition coefficient (Wildman–Crippen LogP) is 4.79. The summed E-state index contributed by atoms with van der Waals surface area (Å²) in [6.07, 6.45) is 0.747. The van der Waals surface area contributed by atoms with E-state index in [0.29, 0.717) is 22.8 Å². The van der Waals surface area contributed by atoms with Crippen LogP contribution in [0.1, 0.15) is 40.2 Å². The quantitative estimate of drug-likeness (QED) is 0.811. The van der Waals surface area contributed by atoms with Gasteiger partial charge < -0.3 is 5.32 Å². The molecule has 0 radical (unpaired) electrons. The third-order valence-electron chi connectivity index (χ3n) is 5.45. The van der Waals surface area contributed by atoms with Crippen molar-refractivity contribution in [3.05, 3.63) is 34.1 Å². The van der Waals surface area contributed by atoms with Crippen LogP contribution in [0.3, 0.4) is 0 Å². The molecule has 20 heavy (non-hydrogen) atoms. The molecule has 0 aromatic heterocycles. The lowest BCUT2D eigenvalue weighted by atomic mass is 9.96. The van der Waals surface area contributed by atoms with Gasteiger partial charge in [0.15, 0.2) is 0 Å². The fraction of sp³-hybridized carbons (Fsp3) is 0.647. The second-order valence-electron chi connectivity index (χ2n) is 7.03. The summed E-state index contributed by atoms with van der Waals surface area (Å²) in [6.45, 7) is 12.3. The van der Waals surface area contributed by atoms with Crippen molar-refractivity contribution in [2.75, 3.05) is 6.54 Å². The summed E-state index contributed by atoms with van der Waals surface area (Å²) in [4.78, 5) is 0. The van der Waals surface area contributed by atoms with E-state index in [1.54, 1.807) is 12.1 Å². The Morgan fingerprint density at radius 1 is 1.25 bits per heavy atom. The molecular formula is C17H25BrFN. The normalized spacial score (nSPS) is 21.8. The van der Waals surface area contributed by atoms with E-state index in [1.165, 1.54) is 0 Å². The minimum absolute atomic E-state index is 0.104. The number of halogens is 2. The summed E-state index contributed by atoms with van der Waals surface area (Å²) in [6, 6.07) is 5.54. The lowest BCUT2D eigenvalue weighted by Crippen LogP contribution is -2.35. The largest absolute Gasteiger partial charge is 0.314 e. The third-order valence-corrected chi connectivity index (χ3v) is 5.94. The van der Waals surface area contributed by atoms with Crippen molar-refractivity contribution < 1.29 is 4.39 Å².